The number of ether oxygens (including phenoxy) is 3. The maximum atomic E-state index is 12.8. The molecule has 1 unspecified atom stereocenters. The normalized spacial score (nSPS) is 12.5. The molecule has 0 N–H and O–H groups in total. The lowest BCUT2D eigenvalue weighted by Gasteiger charge is -2.18. The van der Waals surface area contributed by atoms with Crippen molar-refractivity contribution in [2.45, 2.75) is 284 Å². The first-order valence-corrected chi connectivity index (χ1v) is 27.8. The van der Waals surface area contributed by atoms with Crippen molar-refractivity contribution in [3.05, 3.63) is 60.8 Å². The minimum Gasteiger partial charge on any atom is -0.462 e. The lowest BCUT2D eigenvalue weighted by molar-refractivity contribution is -0.167. The van der Waals surface area contributed by atoms with Crippen molar-refractivity contribution in [3.8, 4) is 0 Å². The molecular formula is C59H104O6. The molecule has 0 aliphatic rings. The maximum Gasteiger partial charge on any atom is 0.306 e. The molecule has 0 heterocycles. The largest absolute Gasteiger partial charge is 0.462 e. The fourth-order valence-corrected chi connectivity index (χ4v) is 7.84. The molecule has 0 radical (unpaired) electrons. The van der Waals surface area contributed by atoms with Gasteiger partial charge in [-0.05, 0) is 83.5 Å². The Morgan fingerprint density at radius 2 is 0.600 bits per heavy atom. The van der Waals surface area contributed by atoms with E-state index in [0.717, 1.165) is 89.9 Å². The van der Waals surface area contributed by atoms with E-state index >= 15 is 0 Å². The van der Waals surface area contributed by atoms with E-state index in [2.05, 4.69) is 81.5 Å². The monoisotopic (exact) mass is 909 g/mol. The second-order valence-electron chi connectivity index (χ2n) is 18.5. The molecule has 65 heavy (non-hydrogen) atoms. The summed E-state index contributed by atoms with van der Waals surface area (Å²) >= 11 is 0. The van der Waals surface area contributed by atoms with E-state index in [-0.39, 0.29) is 31.1 Å². The van der Waals surface area contributed by atoms with Crippen LogP contribution in [-0.4, -0.2) is 37.2 Å². The van der Waals surface area contributed by atoms with E-state index in [9.17, 15) is 14.4 Å². The molecule has 0 aromatic heterocycles. The zero-order valence-electron chi connectivity index (χ0n) is 43.0. The van der Waals surface area contributed by atoms with Gasteiger partial charge >= 0.3 is 17.9 Å². The van der Waals surface area contributed by atoms with E-state index in [4.69, 9.17) is 14.2 Å². The van der Waals surface area contributed by atoms with Gasteiger partial charge in [0.15, 0.2) is 6.10 Å². The highest BCUT2D eigenvalue weighted by Crippen LogP contribution is 2.15. The van der Waals surface area contributed by atoms with Crippen molar-refractivity contribution in [2.24, 2.45) is 0 Å². The van der Waals surface area contributed by atoms with Gasteiger partial charge in [-0.3, -0.25) is 14.4 Å². The van der Waals surface area contributed by atoms with Crippen molar-refractivity contribution in [1.82, 2.24) is 0 Å². The van der Waals surface area contributed by atoms with Crippen molar-refractivity contribution in [2.75, 3.05) is 13.2 Å². The molecule has 0 saturated heterocycles. The van der Waals surface area contributed by atoms with Crippen molar-refractivity contribution >= 4 is 17.9 Å². The molecule has 0 aromatic carbocycles. The second kappa shape index (κ2) is 53.7. The first-order chi connectivity index (χ1) is 32.0. The van der Waals surface area contributed by atoms with E-state index < -0.39 is 6.10 Å². The summed E-state index contributed by atoms with van der Waals surface area (Å²) in [6.45, 7) is 6.51. The summed E-state index contributed by atoms with van der Waals surface area (Å²) in [5.41, 5.74) is 0. The van der Waals surface area contributed by atoms with E-state index in [0.29, 0.717) is 19.3 Å². The van der Waals surface area contributed by atoms with Gasteiger partial charge in [0, 0.05) is 19.3 Å². The number of allylic oxidation sites excluding steroid dienone is 10. The Hall–Kier alpha value is -2.89. The molecule has 376 valence electrons. The Balaban J connectivity index is 4.34. The fraction of sp³-hybridized carbons (Fsp3) is 0.780. The average Bonchev–Trinajstić information content (AvgIpc) is 3.30. The highest BCUT2D eigenvalue weighted by Gasteiger charge is 2.19. The number of unbranched alkanes of at least 4 members (excludes halogenated alkanes) is 29. The van der Waals surface area contributed by atoms with E-state index in [1.165, 1.54) is 148 Å². The van der Waals surface area contributed by atoms with Crippen LogP contribution >= 0.6 is 0 Å². The summed E-state index contributed by atoms with van der Waals surface area (Å²) in [5.74, 6) is -0.882. The van der Waals surface area contributed by atoms with Gasteiger partial charge in [0.2, 0.25) is 0 Å². The van der Waals surface area contributed by atoms with Crippen LogP contribution in [0, 0.1) is 0 Å². The molecule has 0 rings (SSSR count). The molecule has 0 aliphatic carbocycles. The third-order valence-electron chi connectivity index (χ3n) is 12.0. The Morgan fingerprint density at radius 3 is 0.969 bits per heavy atom. The summed E-state index contributed by atoms with van der Waals surface area (Å²) in [4.78, 5) is 38.1. The van der Waals surface area contributed by atoms with Gasteiger partial charge < -0.3 is 14.2 Å². The molecule has 0 aromatic rings. The maximum absolute atomic E-state index is 12.8. The van der Waals surface area contributed by atoms with Crippen LogP contribution in [0.2, 0.25) is 0 Å². The lowest BCUT2D eigenvalue weighted by Crippen LogP contribution is -2.30. The number of rotatable bonds is 50. The van der Waals surface area contributed by atoms with E-state index in [1.807, 2.05) is 0 Å². The predicted molar refractivity (Wildman–Crippen MR) is 279 cm³/mol. The minimum atomic E-state index is -0.778. The number of carbonyl (C=O) groups is 3. The predicted octanol–water partition coefficient (Wildman–Crippen LogP) is 18.4. The summed E-state index contributed by atoms with van der Waals surface area (Å²) in [6.07, 6.45) is 66.3. The van der Waals surface area contributed by atoms with Gasteiger partial charge in [0.05, 0.1) is 0 Å². The number of hydrogen-bond donors (Lipinski definition) is 0. The highest BCUT2D eigenvalue weighted by molar-refractivity contribution is 5.71. The Labute approximate surface area is 402 Å². The summed E-state index contributed by atoms with van der Waals surface area (Å²) in [5, 5.41) is 0. The van der Waals surface area contributed by atoms with Crippen LogP contribution < -0.4 is 0 Å². The molecule has 6 nitrogen and oxygen atoms in total. The van der Waals surface area contributed by atoms with Gasteiger partial charge in [-0.25, -0.2) is 0 Å². The number of hydrogen-bond acceptors (Lipinski definition) is 6. The van der Waals surface area contributed by atoms with Crippen LogP contribution in [0.15, 0.2) is 60.8 Å². The molecule has 1 atom stereocenters. The highest BCUT2D eigenvalue weighted by atomic mass is 16.6. The van der Waals surface area contributed by atoms with Crippen LogP contribution in [0.25, 0.3) is 0 Å². The van der Waals surface area contributed by atoms with Crippen LogP contribution in [0.4, 0.5) is 0 Å². The van der Waals surface area contributed by atoms with Crippen molar-refractivity contribution < 1.29 is 28.6 Å². The zero-order valence-corrected chi connectivity index (χ0v) is 43.0. The lowest BCUT2D eigenvalue weighted by atomic mass is 10.1. The fourth-order valence-electron chi connectivity index (χ4n) is 7.84. The minimum absolute atomic E-state index is 0.0768. The zero-order chi connectivity index (χ0) is 47.2. The van der Waals surface area contributed by atoms with Crippen molar-refractivity contribution in [1.29, 1.82) is 0 Å². The molecule has 0 saturated carbocycles. The second-order valence-corrected chi connectivity index (χ2v) is 18.5. The summed E-state index contributed by atoms with van der Waals surface area (Å²) in [7, 11) is 0. The van der Waals surface area contributed by atoms with Gasteiger partial charge in [-0.1, -0.05) is 236 Å². The standard InChI is InChI=1S/C59H104O6/c1-4-7-10-13-16-19-22-24-26-28-29-31-32-34-37-40-43-46-49-52-58(61)64-55-56(54-63-57(60)51-48-45-42-39-36-21-18-15-12-9-6-3)65-59(62)53-50-47-44-41-38-35-33-30-27-25-23-20-17-14-11-8-5-2/h7,10,16-17,19-20,24-27,56H,4-6,8-9,11-15,18,21-23,28-55H2,1-3H3/b10-7-,19-16-,20-17-,26-24-,27-25-. The Kier molecular flexibility index (Phi) is 51.3. The summed E-state index contributed by atoms with van der Waals surface area (Å²) < 4.78 is 16.8. The first kappa shape index (κ1) is 62.1. The molecule has 0 bridgehead atoms. The van der Waals surface area contributed by atoms with E-state index in [1.54, 1.807) is 0 Å². The number of esters is 3. The van der Waals surface area contributed by atoms with Crippen LogP contribution in [0.3, 0.4) is 0 Å². The molecule has 6 heteroatoms. The summed E-state index contributed by atoms with van der Waals surface area (Å²) in [6, 6.07) is 0. The third kappa shape index (κ3) is 51.9. The van der Waals surface area contributed by atoms with Crippen molar-refractivity contribution in [3.63, 3.8) is 0 Å². The molecule has 0 amide bonds. The molecule has 0 spiro atoms. The van der Waals surface area contributed by atoms with Crippen LogP contribution in [0.5, 0.6) is 0 Å². The third-order valence-corrected chi connectivity index (χ3v) is 12.0. The van der Waals surface area contributed by atoms with Gasteiger partial charge in [0.1, 0.15) is 13.2 Å². The number of carbonyl (C=O) groups excluding carboxylic acids is 3. The molecular weight excluding hydrogens is 805 g/mol. The quantitative estimate of drug-likeness (QED) is 0.0262. The first-order valence-electron chi connectivity index (χ1n) is 27.8. The average molecular weight is 909 g/mol. The Morgan fingerprint density at radius 1 is 0.323 bits per heavy atom. The van der Waals surface area contributed by atoms with Crippen LogP contribution in [-0.2, 0) is 28.6 Å². The molecule has 0 aliphatic heterocycles. The van der Waals surface area contributed by atoms with Gasteiger partial charge in [0.25, 0.3) is 0 Å². The van der Waals surface area contributed by atoms with Gasteiger partial charge in [-0.15, -0.1) is 0 Å². The van der Waals surface area contributed by atoms with Crippen LogP contribution in [0.1, 0.15) is 278 Å². The smallest absolute Gasteiger partial charge is 0.306 e. The SMILES string of the molecule is CC/C=C\C/C=C\C/C=C\CCCCCCCCCCCC(=O)OCC(COC(=O)CCCCCCCCCCCCC)OC(=O)CCCCCCCCC/C=C\C/C=C\CCCCC. The Bertz CT molecular complexity index is 1180. The van der Waals surface area contributed by atoms with Gasteiger partial charge in [-0.2, -0.15) is 0 Å². The molecule has 0 fully saturated rings. The topological polar surface area (TPSA) is 78.9 Å².